The molecule has 2 aromatic heterocycles. The van der Waals surface area contributed by atoms with E-state index in [9.17, 15) is 4.79 Å². The molecule has 0 atom stereocenters. The monoisotopic (exact) mass is 465 g/mol. The molecule has 9 heteroatoms. The van der Waals surface area contributed by atoms with Crippen LogP contribution >= 0.6 is 23.4 Å². The summed E-state index contributed by atoms with van der Waals surface area (Å²) in [4.78, 5) is 16.9. The zero-order valence-electron chi connectivity index (χ0n) is 17.4. The van der Waals surface area contributed by atoms with Crippen LogP contribution in [0.2, 0.25) is 5.02 Å². The number of para-hydroxylation sites is 1. The zero-order valence-corrected chi connectivity index (χ0v) is 19.0. The van der Waals surface area contributed by atoms with E-state index in [1.807, 2.05) is 54.0 Å². The lowest BCUT2D eigenvalue weighted by molar-refractivity contribution is -0.113. The second-order valence-corrected chi connectivity index (χ2v) is 8.21. The van der Waals surface area contributed by atoms with E-state index in [-0.39, 0.29) is 11.7 Å². The predicted octanol–water partition coefficient (Wildman–Crippen LogP) is 5.03. The number of aromatic nitrogens is 4. The number of pyridine rings is 1. The van der Waals surface area contributed by atoms with Gasteiger partial charge in [-0.05, 0) is 42.8 Å². The van der Waals surface area contributed by atoms with Crippen molar-refractivity contribution in [3.05, 3.63) is 77.6 Å². The van der Waals surface area contributed by atoms with Crippen molar-refractivity contribution < 1.29 is 9.53 Å². The fourth-order valence-electron chi connectivity index (χ4n) is 3.10. The first-order valence-corrected chi connectivity index (χ1v) is 11.1. The van der Waals surface area contributed by atoms with Gasteiger partial charge in [0.15, 0.2) is 11.0 Å². The minimum atomic E-state index is -0.194. The highest BCUT2D eigenvalue weighted by molar-refractivity contribution is 7.99. The number of thioether (sulfide) groups is 1. The molecule has 0 saturated heterocycles. The van der Waals surface area contributed by atoms with Crippen molar-refractivity contribution in [3.8, 4) is 22.8 Å². The number of amides is 1. The summed E-state index contributed by atoms with van der Waals surface area (Å²) in [6, 6.07) is 17.0. The van der Waals surface area contributed by atoms with Crippen molar-refractivity contribution in [2.75, 3.05) is 18.2 Å². The molecule has 0 radical (unpaired) electrons. The van der Waals surface area contributed by atoms with Crippen molar-refractivity contribution >= 4 is 35.0 Å². The molecule has 0 aliphatic heterocycles. The third-order valence-corrected chi connectivity index (χ3v) is 5.99. The molecule has 4 rings (SSSR count). The van der Waals surface area contributed by atoms with Gasteiger partial charge in [-0.1, -0.05) is 41.6 Å². The number of carbonyl (C=O) groups excluding carboxylic acids is 1. The summed E-state index contributed by atoms with van der Waals surface area (Å²) in [5.74, 6) is 1.11. The van der Waals surface area contributed by atoms with Gasteiger partial charge in [0.25, 0.3) is 0 Å². The molecule has 0 fully saturated rings. The molecule has 1 N–H and O–H groups in total. The molecule has 0 saturated carbocycles. The molecule has 162 valence electrons. The number of rotatable bonds is 7. The first kappa shape index (κ1) is 21.9. The Morgan fingerprint density at radius 2 is 1.97 bits per heavy atom. The van der Waals surface area contributed by atoms with Gasteiger partial charge in [-0.3, -0.25) is 14.3 Å². The van der Waals surface area contributed by atoms with Gasteiger partial charge in [-0.25, -0.2) is 0 Å². The summed E-state index contributed by atoms with van der Waals surface area (Å²) in [5, 5.41) is 12.8. The van der Waals surface area contributed by atoms with Gasteiger partial charge >= 0.3 is 0 Å². The number of hydrogen-bond donors (Lipinski definition) is 1. The van der Waals surface area contributed by atoms with Crippen LogP contribution in [0.3, 0.4) is 0 Å². The Morgan fingerprint density at radius 1 is 1.16 bits per heavy atom. The van der Waals surface area contributed by atoms with Gasteiger partial charge in [0.05, 0.1) is 18.6 Å². The highest BCUT2D eigenvalue weighted by Gasteiger charge is 2.18. The quantitative estimate of drug-likeness (QED) is 0.385. The molecule has 7 nitrogen and oxygen atoms in total. The Morgan fingerprint density at radius 3 is 2.69 bits per heavy atom. The van der Waals surface area contributed by atoms with E-state index >= 15 is 0 Å². The molecule has 2 heterocycles. The molecule has 2 aromatic carbocycles. The molecular formula is C23H20ClN5O2S. The van der Waals surface area contributed by atoms with Crippen LogP contribution in [0.15, 0.2) is 72.1 Å². The van der Waals surface area contributed by atoms with Crippen LogP contribution < -0.4 is 10.1 Å². The summed E-state index contributed by atoms with van der Waals surface area (Å²) >= 11 is 7.45. The SMILES string of the molecule is COc1cc(Cl)c(C)cc1NC(=O)CSc1nnc(-c2cccnc2)n1-c1ccccc1. The number of hydrogen-bond acceptors (Lipinski definition) is 6. The molecule has 4 aromatic rings. The summed E-state index contributed by atoms with van der Waals surface area (Å²) < 4.78 is 7.25. The smallest absolute Gasteiger partial charge is 0.234 e. The van der Waals surface area contributed by atoms with Crippen LogP contribution in [0, 0.1) is 6.92 Å². The van der Waals surface area contributed by atoms with E-state index < -0.39 is 0 Å². The standard InChI is InChI=1S/C23H20ClN5O2S/c1-15-11-19(20(31-2)12-18(15)24)26-21(30)14-32-23-28-27-22(16-7-6-10-25-13-16)29(23)17-8-4-3-5-9-17/h3-13H,14H2,1-2H3,(H,26,30). The van der Waals surface area contributed by atoms with Gasteiger partial charge in [0, 0.05) is 34.7 Å². The van der Waals surface area contributed by atoms with Crippen LogP contribution in [0.25, 0.3) is 17.1 Å². The van der Waals surface area contributed by atoms with Gasteiger partial charge in [0.1, 0.15) is 5.75 Å². The van der Waals surface area contributed by atoms with Gasteiger partial charge in [-0.15, -0.1) is 10.2 Å². The summed E-state index contributed by atoms with van der Waals surface area (Å²) in [5.41, 5.74) is 3.15. The minimum absolute atomic E-state index is 0.142. The first-order chi connectivity index (χ1) is 15.6. The highest BCUT2D eigenvalue weighted by atomic mass is 35.5. The number of methoxy groups -OCH3 is 1. The number of ether oxygens (including phenoxy) is 1. The predicted molar refractivity (Wildman–Crippen MR) is 127 cm³/mol. The van der Waals surface area contributed by atoms with Crippen molar-refractivity contribution in [3.63, 3.8) is 0 Å². The maximum absolute atomic E-state index is 12.7. The minimum Gasteiger partial charge on any atom is -0.495 e. The van der Waals surface area contributed by atoms with Gasteiger partial charge in [0.2, 0.25) is 5.91 Å². The number of carbonyl (C=O) groups is 1. The Balaban J connectivity index is 1.57. The number of aryl methyl sites for hydroxylation is 1. The second kappa shape index (κ2) is 9.84. The fraction of sp³-hybridized carbons (Fsp3) is 0.130. The van der Waals surface area contributed by atoms with Crippen LogP contribution in [0.5, 0.6) is 5.75 Å². The molecule has 0 unspecified atom stereocenters. The third kappa shape index (κ3) is 4.76. The van der Waals surface area contributed by atoms with Gasteiger partial charge in [-0.2, -0.15) is 0 Å². The van der Waals surface area contributed by atoms with E-state index in [4.69, 9.17) is 16.3 Å². The first-order valence-electron chi connectivity index (χ1n) is 9.75. The molecule has 0 spiro atoms. The Kier molecular flexibility index (Phi) is 6.72. The third-order valence-electron chi connectivity index (χ3n) is 4.65. The van der Waals surface area contributed by atoms with Gasteiger partial charge < -0.3 is 10.1 Å². The maximum Gasteiger partial charge on any atom is 0.234 e. The highest BCUT2D eigenvalue weighted by Crippen LogP contribution is 2.32. The Bertz CT molecular complexity index is 1230. The van der Waals surface area contributed by atoms with Crippen molar-refractivity contribution in [2.45, 2.75) is 12.1 Å². The molecule has 0 aliphatic carbocycles. The van der Waals surface area contributed by atoms with E-state index in [0.29, 0.717) is 27.4 Å². The lowest BCUT2D eigenvalue weighted by Gasteiger charge is -2.13. The van der Waals surface area contributed by atoms with E-state index in [1.165, 1.54) is 18.9 Å². The molecule has 0 bridgehead atoms. The number of nitrogens with one attached hydrogen (secondary N) is 1. The molecule has 32 heavy (non-hydrogen) atoms. The summed E-state index contributed by atoms with van der Waals surface area (Å²) in [6.07, 6.45) is 3.44. The largest absolute Gasteiger partial charge is 0.495 e. The summed E-state index contributed by atoms with van der Waals surface area (Å²) in [6.45, 7) is 1.87. The fourth-order valence-corrected chi connectivity index (χ4v) is 4.01. The average molecular weight is 466 g/mol. The van der Waals surface area contributed by atoms with Crippen LogP contribution in [-0.2, 0) is 4.79 Å². The van der Waals surface area contributed by atoms with Crippen molar-refractivity contribution in [2.24, 2.45) is 0 Å². The van der Waals surface area contributed by atoms with Crippen LogP contribution in [0.4, 0.5) is 5.69 Å². The van der Waals surface area contributed by atoms with E-state index in [2.05, 4.69) is 20.5 Å². The Labute approximate surface area is 194 Å². The molecule has 1 amide bonds. The number of anilines is 1. The molecular weight excluding hydrogens is 446 g/mol. The second-order valence-electron chi connectivity index (χ2n) is 6.86. The topological polar surface area (TPSA) is 81.9 Å². The van der Waals surface area contributed by atoms with E-state index in [0.717, 1.165) is 16.8 Å². The van der Waals surface area contributed by atoms with Crippen LogP contribution in [-0.4, -0.2) is 38.5 Å². The van der Waals surface area contributed by atoms with Crippen LogP contribution in [0.1, 0.15) is 5.56 Å². The van der Waals surface area contributed by atoms with Crippen molar-refractivity contribution in [1.29, 1.82) is 0 Å². The average Bonchev–Trinajstić information content (AvgIpc) is 3.25. The van der Waals surface area contributed by atoms with E-state index in [1.54, 1.807) is 24.5 Å². The molecule has 0 aliphatic rings. The maximum atomic E-state index is 12.7. The normalized spacial score (nSPS) is 10.7. The zero-order chi connectivity index (χ0) is 22.5. The lowest BCUT2D eigenvalue weighted by Crippen LogP contribution is -2.15. The Hall–Kier alpha value is -3.36. The number of halogens is 1. The number of benzene rings is 2. The van der Waals surface area contributed by atoms with Crippen molar-refractivity contribution in [1.82, 2.24) is 19.7 Å². The number of nitrogens with zero attached hydrogens (tertiary/aromatic N) is 4. The summed E-state index contributed by atoms with van der Waals surface area (Å²) in [7, 11) is 1.54. The lowest BCUT2D eigenvalue weighted by atomic mass is 10.2.